The predicted octanol–water partition coefficient (Wildman–Crippen LogP) is 3.52. The number of amides is 1. The maximum Gasteiger partial charge on any atom is 0.253 e. The van der Waals surface area contributed by atoms with Crippen molar-refractivity contribution in [3.8, 4) is 5.75 Å². The van der Waals surface area contributed by atoms with Crippen LogP contribution in [0.25, 0.3) is 0 Å². The molecule has 0 aromatic heterocycles. The molecule has 152 valence electrons. The molecule has 0 saturated heterocycles. The fraction of sp³-hybridized carbons (Fsp3) is 0.350. The second-order valence-corrected chi connectivity index (χ2v) is 9.14. The fourth-order valence-electron chi connectivity index (χ4n) is 2.47. The highest BCUT2D eigenvalue weighted by Crippen LogP contribution is 2.16. The van der Waals surface area contributed by atoms with Gasteiger partial charge in [0.1, 0.15) is 5.75 Å². The maximum absolute atomic E-state index is 12.5. The highest BCUT2D eigenvalue weighted by Gasteiger charge is 2.18. The van der Waals surface area contributed by atoms with Gasteiger partial charge in [-0.05, 0) is 61.4 Å². The summed E-state index contributed by atoms with van der Waals surface area (Å²) >= 11 is 5.83. The first-order chi connectivity index (χ1) is 13.2. The number of unbranched alkanes of at least 4 members (excludes halogenated alkanes) is 1. The van der Waals surface area contributed by atoms with Gasteiger partial charge in [0.05, 0.1) is 11.5 Å². The molecule has 0 heterocycles. The SMILES string of the molecule is CN(CCCCOc1ccc(Cl)cc1)C(=O)c1ccc(S(=O)(=O)N(C)C)cc1. The Morgan fingerprint density at radius 3 is 2.14 bits per heavy atom. The van der Waals surface area contributed by atoms with Crippen molar-refractivity contribution in [3.63, 3.8) is 0 Å². The molecular formula is C20H25ClN2O4S. The van der Waals surface area contributed by atoms with Crippen molar-refractivity contribution in [1.29, 1.82) is 0 Å². The minimum absolute atomic E-state index is 0.146. The second-order valence-electron chi connectivity index (χ2n) is 6.55. The van der Waals surface area contributed by atoms with Crippen LogP contribution < -0.4 is 4.74 Å². The lowest BCUT2D eigenvalue weighted by atomic mass is 10.2. The molecule has 2 aromatic carbocycles. The van der Waals surface area contributed by atoms with E-state index in [1.165, 1.54) is 26.2 Å². The van der Waals surface area contributed by atoms with E-state index in [0.29, 0.717) is 23.7 Å². The first-order valence-electron chi connectivity index (χ1n) is 8.88. The fourth-order valence-corrected chi connectivity index (χ4v) is 3.50. The number of benzene rings is 2. The number of carbonyl (C=O) groups excluding carboxylic acids is 1. The van der Waals surface area contributed by atoms with Crippen LogP contribution in [-0.2, 0) is 10.0 Å². The molecule has 0 saturated carbocycles. The minimum atomic E-state index is -3.50. The van der Waals surface area contributed by atoms with E-state index in [2.05, 4.69) is 0 Å². The van der Waals surface area contributed by atoms with Crippen LogP contribution in [0.2, 0.25) is 5.02 Å². The molecule has 0 N–H and O–H groups in total. The van der Waals surface area contributed by atoms with Crippen molar-refractivity contribution < 1.29 is 17.9 Å². The van der Waals surface area contributed by atoms with Crippen molar-refractivity contribution in [2.24, 2.45) is 0 Å². The molecule has 1 amide bonds. The van der Waals surface area contributed by atoms with E-state index < -0.39 is 10.0 Å². The number of halogens is 1. The molecule has 2 rings (SSSR count). The minimum Gasteiger partial charge on any atom is -0.494 e. The first kappa shape index (κ1) is 22.2. The van der Waals surface area contributed by atoms with Crippen LogP contribution in [0, 0.1) is 0 Å². The summed E-state index contributed by atoms with van der Waals surface area (Å²) in [6, 6.07) is 13.2. The molecule has 28 heavy (non-hydrogen) atoms. The van der Waals surface area contributed by atoms with Gasteiger partial charge in [0, 0.05) is 38.3 Å². The Kier molecular flexibility index (Phi) is 7.86. The molecule has 0 aliphatic carbocycles. The van der Waals surface area contributed by atoms with E-state index in [0.717, 1.165) is 22.9 Å². The third-order valence-corrected chi connectivity index (χ3v) is 6.28. The van der Waals surface area contributed by atoms with Gasteiger partial charge >= 0.3 is 0 Å². The molecule has 0 radical (unpaired) electrons. The Hall–Kier alpha value is -2.09. The average molecular weight is 425 g/mol. The topological polar surface area (TPSA) is 66.9 Å². The van der Waals surface area contributed by atoms with E-state index in [1.54, 1.807) is 36.2 Å². The van der Waals surface area contributed by atoms with Gasteiger partial charge in [0.25, 0.3) is 5.91 Å². The van der Waals surface area contributed by atoms with Crippen LogP contribution in [0.5, 0.6) is 5.75 Å². The van der Waals surface area contributed by atoms with Crippen LogP contribution in [0.1, 0.15) is 23.2 Å². The Morgan fingerprint density at radius 1 is 0.964 bits per heavy atom. The van der Waals surface area contributed by atoms with E-state index >= 15 is 0 Å². The maximum atomic E-state index is 12.5. The van der Waals surface area contributed by atoms with Crippen LogP contribution >= 0.6 is 11.6 Å². The molecule has 2 aromatic rings. The van der Waals surface area contributed by atoms with Gasteiger partial charge in [-0.2, -0.15) is 0 Å². The molecule has 0 fully saturated rings. The number of ether oxygens (including phenoxy) is 1. The molecule has 0 bridgehead atoms. The number of hydrogen-bond donors (Lipinski definition) is 0. The van der Waals surface area contributed by atoms with Crippen molar-refractivity contribution >= 4 is 27.5 Å². The van der Waals surface area contributed by atoms with Crippen molar-refractivity contribution in [2.75, 3.05) is 34.3 Å². The van der Waals surface area contributed by atoms with Crippen LogP contribution in [0.15, 0.2) is 53.4 Å². The summed E-state index contributed by atoms with van der Waals surface area (Å²) in [5.74, 6) is 0.619. The van der Waals surface area contributed by atoms with Crippen molar-refractivity contribution in [1.82, 2.24) is 9.21 Å². The average Bonchev–Trinajstić information content (AvgIpc) is 2.68. The lowest BCUT2D eigenvalue weighted by Crippen LogP contribution is -2.28. The van der Waals surface area contributed by atoms with E-state index in [9.17, 15) is 13.2 Å². The number of hydrogen-bond acceptors (Lipinski definition) is 4. The van der Waals surface area contributed by atoms with Gasteiger partial charge in [0.15, 0.2) is 0 Å². The molecule has 0 aliphatic heterocycles. The second kappa shape index (κ2) is 9.91. The molecule has 8 heteroatoms. The first-order valence-corrected chi connectivity index (χ1v) is 10.7. The van der Waals surface area contributed by atoms with Crippen LogP contribution in [0.3, 0.4) is 0 Å². The third kappa shape index (κ3) is 5.95. The lowest BCUT2D eigenvalue weighted by molar-refractivity contribution is 0.0791. The standard InChI is InChI=1S/C20H25ClN2O4S/c1-22(2)28(25,26)19-12-6-16(7-13-19)20(24)23(3)14-4-5-15-27-18-10-8-17(21)9-11-18/h6-13H,4-5,14-15H2,1-3H3. The summed E-state index contributed by atoms with van der Waals surface area (Å²) in [5, 5.41) is 0.667. The summed E-state index contributed by atoms with van der Waals surface area (Å²) in [6.45, 7) is 1.14. The molecule has 0 aliphatic rings. The number of carbonyl (C=O) groups is 1. The van der Waals surface area contributed by atoms with E-state index in [-0.39, 0.29) is 10.8 Å². The van der Waals surface area contributed by atoms with Crippen molar-refractivity contribution in [2.45, 2.75) is 17.7 Å². The highest BCUT2D eigenvalue weighted by atomic mass is 35.5. The number of sulfonamides is 1. The highest BCUT2D eigenvalue weighted by molar-refractivity contribution is 7.89. The normalized spacial score (nSPS) is 11.5. The van der Waals surface area contributed by atoms with Gasteiger partial charge in [-0.25, -0.2) is 12.7 Å². The van der Waals surface area contributed by atoms with Crippen LogP contribution in [-0.4, -0.2) is 57.8 Å². The molecule has 0 spiro atoms. The zero-order valence-electron chi connectivity index (χ0n) is 16.3. The largest absolute Gasteiger partial charge is 0.494 e. The van der Waals surface area contributed by atoms with Gasteiger partial charge in [-0.1, -0.05) is 11.6 Å². The Bertz CT molecular complexity index is 881. The molecular weight excluding hydrogens is 400 g/mol. The monoisotopic (exact) mass is 424 g/mol. The summed E-state index contributed by atoms with van der Waals surface area (Å²) in [4.78, 5) is 14.3. The van der Waals surface area contributed by atoms with Gasteiger partial charge < -0.3 is 9.64 Å². The summed E-state index contributed by atoms with van der Waals surface area (Å²) < 4.78 is 30.9. The Morgan fingerprint density at radius 2 is 1.57 bits per heavy atom. The third-order valence-electron chi connectivity index (χ3n) is 4.20. The number of rotatable bonds is 9. The van der Waals surface area contributed by atoms with E-state index in [4.69, 9.17) is 16.3 Å². The quantitative estimate of drug-likeness (QED) is 0.577. The smallest absolute Gasteiger partial charge is 0.253 e. The summed E-state index contributed by atoms with van der Waals surface area (Å²) in [7, 11) is 1.17. The van der Waals surface area contributed by atoms with Crippen LogP contribution in [0.4, 0.5) is 0 Å². The van der Waals surface area contributed by atoms with Gasteiger partial charge in [0.2, 0.25) is 10.0 Å². The van der Waals surface area contributed by atoms with Gasteiger partial charge in [-0.3, -0.25) is 4.79 Å². The van der Waals surface area contributed by atoms with E-state index in [1.807, 2.05) is 12.1 Å². The molecule has 6 nitrogen and oxygen atoms in total. The molecule has 0 unspecified atom stereocenters. The Balaban J connectivity index is 1.80. The van der Waals surface area contributed by atoms with Gasteiger partial charge in [-0.15, -0.1) is 0 Å². The zero-order chi connectivity index (χ0) is 20.7. The summed E-state index contributed by atoms with van der Waals surface area (Å²) in [6.07, 6.45) is 1.60. The molecule has 0 atom stereocenters. The number of nitrogens with zero attached hydrogens (tertiary/aromatic N) is 2. The Labute approximate surface area is 171 Å². The summed E-state index contributed by atoms with van der Waals surface area (Å²) in [5.41, 5.74) is 0.456. The zero-order valence-corrected chi connectivity index (χ0v) is 17.8. The van der Waals surface area contributed by atoms with Crippen molar-refractivity contribution in [3.05, 3.63) is 59.1 Å². The predicted molar refractivity (Wildman–Crippen MR) is 110 cm³/mol. The lowest BCUT2D eigenvalue weighted by Gasteiger charge is -2.18.